The number of anilines is 1. The zero-order chi connectivity index (χ0) is 20.4. The van der Waals surface area contributed by atoms with Crippen LogP contribution in [0.4, 0.5) is 5.69 Å². The average Bonchev–Trinajstić information content (AvgIpc) is 3.37. The van der Waals surface area contributed by atoms with Gasteiger partial charge >= 0.3 is 0 Å². The van der Waals surface area contributed by atoms with Crippen LogP contribution in [0.3, 0.4) is 0 Å². The molecular formula is C22H29N5O2. The van der Waals surface area contributed by atoms with Gasteiger partial charge in [-0.3, -0.25) is 14.3 Å². The highest BCUT2D eigenvalue weighted by Crippen LogP contribution is 2.29. The number of benzene rings is 1. The van der Waals surface area contributed by atoms with Gasteiger partial charge in [-0.25, -0.2) is 0 Å². The van der Waals surface area contributed by atoms with Crippen LogP contribution in [0, 0.1) is 5.92 Å². The molecule has 7 heteroatoms. The third-order valence-corrected chi connectivity index (χ3v) is 6.17. The van der Waals surface area contributed by atoms with Crippen LogP contribution in [0.15, 0.2) is 36.7 Å². The highest BCUT2D eigenvalue weighted by Gasteiger charge is 2.34. The molecule has 2 aromatic rings. The highest BCUT2D eigenvalue weighted by molar-refractivity contribution is 5.96. The molecule has 0 radical (unpaired) electrons. The second kappa shape index (κ2) is 8.37. The molecule has 2 aliphatic rings. The second-order valence-electron chi connectivity index (χ2n) is 8.23. The zero-order valence-electron chi connectivity index (χ0n) is 17.1. The Bertz CT molecular complexity index is 876. The van der Waals surface area contributed by atoms with Crippen molar-refractivity contribution in [2.45, 2.75) is 38.1 Å². The lowest BCUT2D eigenvalue weighted by Crippen LogP contribution is -2.42. The minimum atomic E-state index is -0.144. The topological polar surface area (TPSA) is 79.3 Å². The first kappa shape index (κ1) is 19.6. The van der Waals surface area contributed by atoms with E-state index in [-0.39, 0.29) is 29.7 Å². The van der Waals surface area contributed by atoms with Crippen LogP contribution in [-0.4, -0.2) is 52.2 Å². The lowest BCUT2D eigenvalue weighted by atomic mass is 9.90. The number of nitrogens with zero attached hydrogens (tertiary/aromatic N) is 3. The summed E-state index contributed by atoms with van der Waals surface area (Å²) in [5, 5.41) is 10.6. The maximum absolute atomic E-state index is 12.9. The molecule has 0 saturated carbocycles. The number of hydrogen-bond donors (Lipinski definition) is 2. The fraction of sp³-hybridized carbons (Fsp3) is 0.500. The van der Waals surface area contributed by atoms with Crippen molar-refractivity contribution in [1.82, 2.24) is 20.0 Å². The first-order valence-electron chi connectivity index (χ1n) is 10.4. The molecule has 154 valence electrons. The number of piperidine rings is 1. The average molecular weight is 396 g/mol. The van der Waals surface area contributed by atoms with E-state index in [2.05, 4.69) is 22.7 Å². The Kier molecular flexibility index (Phi) is 5.67. The predicted octanol–water partition coefficient (Wildman–Crippen LogP) is 2.38. The van der Waals surface area contributed by atoms with Gasteiger partial charge in [-0.15, -0.1) is 0 Å². The van der Waals surface area contributed by atoms with E-state index in [9.17, 15) is 9.59 Å². The van der Waals surface area contributed by atoms with Gasteiger partial charge in [-0.05, 0) is 56.0 Å². The van der Waals surface area contributed by atoms with Crippen molar-refractivity contribution in [2.75, 3.05) is 25.0 Å². The molecule has 2 aliphatic heterocycles. The van der Waals surface area contributed by atoms with Crippen LogP contribution >= 0.6 is 0 Å². The first-order chi connectivity index (χ1) is 14.0. The van der Waals surface area contributed by atoms with Crippen LogP contribution < -0.4 is 10.6 Å². The molecule has 2 amide bonds. The Morgan fingerprint density at radius 1 is 1.17 bits per heavy atom. The first-order valence-corrected chi connectivity index (χ1v) is 10.4. The molecular weight excluding hydrogens is 366 g/mol. The maximum Gasteiger partial charge on any atom is 0.254 e. The lowest BCUT2D eigenvalue weighted by Gasteiger charge is -2.33. The van der Waals surface area contributed by atoms with E-state index in [1.807, 2.05) is 48.6 Å². The molecule has 1 aromatic carbocycles. The van der Waals surface area contributed by atoms with Gasteiger partial charge in [0, 0.05) is 56.1 Å². The van der Waals surface area contributed by atoms with Crippen molar-refractivity contribution in [2.24, 2.45) is 13.0 Å². The van der Waals surface area contributed by atoms with Gasteiger partial charge in [0.25, 0.3) is 5.91 Å². The summed E-state index contributed by atoms with van der Waals surface area (Å²) in [5.41, 5.74) is 2.47. The number of aromatic nitrogens is 2. The minimum absolute atomic E-state index is 0.00687. The van der Waals surface area contributed by atoms with Crippen LogP contribution in [0.1, 0.15) is 48.0 Å². The molecule has 2 N–H and O–H groups in total. The minimum Gasteiger partial charge on any atom is -0.336 e. The van der Waals surface area contributed by atoms with Gasteiger partial charge in [0.2, 0.25) is 5.91 Å². The van der Waals surface area contributed by atoms with Gasteiger partial charge in [0.1, 0.15) is 0 Å². The van der Waals surface area contributed by atoms with E-state index in [0.29, 0.717) is 12.1 Å². The smallest absolute Gasteiger partial charge is 0.254 e. The summed E-state index contributed by atoms with van der Waals surface area (Å²) in [7, 11) is 1.88. The number of carbonyl (C=O) groups excluding carboxylic acids is 2. The molecule has 2 fully saturated rings. The third kappa shape index (κ3) is 4.19. The Morgan fingerprint density at radius 2 is 1.97 bits per heavy atom. The Balaban J connectivity index is 1.40. The number of amides is 2. The summed E-state index contributed by atoms with van der Waals surface area (Å²) in [6.45, 7) is 4.35. The highest BCUT2D eigenvalue weighted by atomic mass is 16.2. The van der Waals surface area contributed by atoms with Crippen molar-refractivity contribution < 1.29 is 9.59 Å². The zero-order valence-corrected chi connectivity index (χ0v) is 17.1. The van der Waals surface area contributed by atoms with Crippen molar-refractivity contribution in [3.63, 3.8) is 0 Å². The van der Waals surface area contributed by atoms with Crippen LogP contribution in [-0.2, 0) is 11.8 Å². The van der Waals surface area contributed by atoms with E-state index >= 15 is 0 Å². The number of hydrogen-bond acceptors (Lipinski definition) is 4. The van der Waals surface area contributed by atoms with Gasteiger partial charge in [0.15, 0.2) is 0 Å². The van der Waals surface area contributed by atoms with Crippen LogP contribution in [0.2, 0.25) is 0 Å². The van der Waals surface area contributed by atoms with Crippen molar-refractivity contribution in [1.29, 1.82) is 0 Å². The van der Waals surface area contributed by atoms with Gasteiger partial charge in [-0.1, -0.05) is 0 Å². The van der Waals surface area contributed by atoms with E-state index in [1.54, 1.807) is 4.68 Å². The molecule has 3 atom stereocenters. The number of carbonyl (C=O) groups is 2. The Hall–Kier alpha value is -2.67. The molecule has 1 unspecified atom stereocenters. The quantitative estimate of drug-likeness (QED) is 0.833. The van der Waals surface area contributed by atoms with E-state index in [1.165, 1.54) is 6.42 Å². The summed E-state index contributed by atoms with van der Waals surface area (Å²) in [4.78, 5) is 27.6. The molecule has 29 heavy (non-hydrogen) atoms. The molecule has 3 heterocycles. The standard InChI is InChI=1S/C22H29N5O2/c1-15-5-3-4-10-27(15)22(29)16-6-8-18(9-7-16)25-21(28)20-13-23-12-19(20)17-11-24-26(2)14-17/h6-9,11,14-15,19-20,23H,3-5,10,12-13H2,1-2H3,(H,25,28)/t15?,19-,20+/m1/s1. The molecule has 0 spiro atoms. The summed E-state index contributed by atoms with van der Waals surface area (Å²) in [5.74, 6) is 0.0409. The second-order valence-corrected chi connectivity index (χ2v) is 8.23. The largest absolute Gasteiger partial charge is 0.336 e. The van der Waals surface area contributed by atoms with Crippen molar-refractivity contribution in [3.8, 4) is 0 Å². The van der Waals surface area contributed by atoms with E-state index < -0.39 is 0 Å². The molecule has 0 aliphatic carbocycles. The SMILES string of the molecule is CC1CCCCN1C(=O)c1ccc(NC(=O)[C@H]2CNC[C@@H]2c2cnn(C)c2)cc1. The van der Waals surface area contributed by atoms with Crippen LogP contribution in [0.5, 0.6) is 0 Å². The number of likely N-dealkylation sites (tertiary alicyclic amines) is 1. The van der Waals surface area contributed by atoms with Crippen LogP contribution in [0.25, 0.3) is 0 Å². The fourth-order valence-corrected chi connectivity index (χ4v) is 4.43. The van der Waals surface area contributed by atoms with E-state index in [0.717, 1.165) is 37.2 Å². The summed E-state index contributed by atoms with van der Waals surface area (Å²) < 4.78 is 1.77. The normalized spacial score (nSPS) is 24.5. The Morgan fingerprint density at radius 3 is 2.66 bits per heavy atom. The molecule has 2 saturated heterocycles. The van der Waals surface area contributed by atoms with Gasteiger partial charge < -0.3 is 15.5 Å². The third-order valence-electron chi connectivity index (χ3n) is 6.17. The van der Waals surface area contributed by atoms with Crippen molar-refractivity contribution >= 4 is 17.5 Å². The summed E-state index contributed by atoms with van der Waals surface area (Å²) in [6.07, 6.45) is 7.12. The van der Waals surface area contributed by atoms with Gasteiger partial charge in [0.05, 0.1) is 12.1 Å². The number of rotatable bonds is 4. The van der Waals surface area contributed by atoms with Gasteiger partial charge in [-0.2, -0.15) is 5.10 Å². The summed E-state index contributed by atoms with van der Waals surface area (Å²) in [6, 6.07) is 7.55. The number of aryl methyl sites for hydroxylation is 1. The fourth-order valence-electron chi connectivity index (χ4n) is 4.43. The van der Waals surface area contributed by atoms with Crippen molar-refractivity contribution in [3.05, 3.63) is 47.8 Å². The monoisotopic (exact) mass is 395 g/mol. The number of nitrogens with one attached hydrogen (secondary N) is 2. The molecule has 7 nitrogen and oxygen atoms in total. The molecule has 0 bridgehead atoms. The summed E-state index contributed by atoms with van der Waals surface area (Å²) >= 11 is 0. The molecule has 4 rings (SSSR count). The molecule has 1 aromatic heterocycles. The van der Waals surface area contributed by atoms with E-state index in [4.69, 9.17) is 0 Å². The maximum atomic E-state index is 12.9. The lowest BCUT2D eigenvalue weighted by molar-refractivity contribution is -0.119. The Labute approximate surface area is 171 Å². The predicted molar refractivity (Wildman–Crippen MR) is 112 cm³/mol.